The highest BCUT2D eigenvalue weighted by atomic mass is 19.1. The molecule has 9 heteroatoms. The second-order valence-corrected chi connectivity index (χ2v) is 8.38. The maximum atomic E-state index is 14.7. The molecular formula is C25H22FN7O. The first-order chi connectivity index (χ1) is 16.5. The molecule has 2 aromatic heterocycles. The van der Waals surface area contributed by atoms with Crippen LogP contribution in [0, 0.1) is 30.0 Å². The maximum absolute atomic E-state index is 14.7. The van der Waals surface area contributed by atoms with E-state index in [1.165, 1.54) is 12.4 Å². The second-order valence-electron chi connectivity index (χ2n) is 8.38. The molecule has 8 nitrogen and oxygen atoms in total. The third-order valence-corrected chi connectivity index (χ3v) is 6.29. The van der Waals surface area contributed by atoms with Crippen molar-refractivity contribution in [2.24, 2.45) is 5.92 Å². The van der Waals surface area contributed by atoms with Gasteiger partial charge in [0.05, 0.1) is 17.1 Å². The zero-order chi connectivity index (χ0) is 23.7. The number of aryl methyl sites for hydroxylation is 1. The molecule has 2 aromatic carbocycles. The number of hydrogen-bond donors (Lipinski definition) is 2. The number of carbonyl (C=O) groups is 1. The lowest BCUT2D eigenvalue weighted by molar-refractivity contribution is -0.120. The van der Waals surface area contributed by atoms with Crippen molar-refractivity contribution in [3.8, 4) is 17.2 Å². The molecule has 1 fully saturated rings. The average molecular weight is 455 g/mol. The number of aromatic amines is 1. The van der Waals surface area contributed by atoms with Gasteiger partial charge in [-0.15, -0.1) is 0 Å². The van der Waals surface area contributed by atoms with E-state index < -0.39 is 0 Å². The van der Waals surface area contributed by atoms with Gasteiger partial charge in [-0.05, 0) is 49.6 Å². The summed E-state index contributed by atoms with van der Waals surface area (Å²) in [5.41, 5.74) is 2.83. The number of halogens is 1. The molecule has 3 heterocycles. The molecule has 0 radical (unpaired) electrons. The Kier molecular flexibility index (Phi) is 5.64. The first kappa shape index (κ1) is 21.5. The van der Waals surface area contributed by atoms with E-state index in [0.29, 0.717) is 54.0 Å². The number of amides is 1. The van der Waals surface area contributed by atoms with Crippen LogP contribution in [0.15, 0.2) is 48.9 Å². The fourth-order valence-corrected chi connectivity index (χ4v) is 4.51. The predicted molar refractivity (Wildman–Crippen MR) is 127 cm³/mol. The molecule has 0 saturated carbocycles. The lowest BCUT2D eigenvalue weighted by Crippen LogP contribution is -2.38. The molecular weight excluding hydrogens is 433 g/mol. The van der Waals surface area contributed by atoms with Crippen LogP contribution in [0.2, 0.25) is 0 Å². The summed E-state index contributed by atoms with van der Waals surface area (Å²) >= 11 is 0. The Labute approximate surface area is 195 Å². The zero-order valence-electron chi connectivity index (χ0n) is 18.5. The van der Waals surface area contributed by atoms with Gasteiger partial charge in [-0.3, -0.25) is 9.89 Å². The first-order valence-corrected chi connectivity index (χ1v) is 11.0. The average Bonchev–Trinajstić information content (AvgIpc) is 3.27. The van der Waals surface area contributed by atoms with Crippen molar-refractivity contribution < 1.29 is 9.18 Å². The van der Waals surface area contributed by atoms with Crippen molar-refractivity contribution in [2.45, 2.75) is 19.8 Å². The van der Waals surface area contributed by atoms with Gasteiger partial charge in [0.25, 0.3) is 0 Å². The van der Waals surface area contributed by atoms with E-state index >= 15 is 0 Å². The minimum absolute atomic E-state index is 0.0544. The van der Waals surface area contributed by atoms with Gasteiger partial charge < -0.3 is 10.2 Å². The third kappa shape index (κ3) is 3.94. The SMILES string of the molecule is Cc1cccc(F)c1-c1cc2c(N3CCC(C(=O)Nc4ccncn4)CC3)n[nH]c2cc1C#N. The number of anilines is 2. The number of rotatable bonds is 4. The highest BCUT2D eigenvalue weighted by Crippen LogP contribution is 2.36. The van der Waals surface area contributed by atoms with E-state index in [0.717, 1.165) is 16.8 Å². The first-order valence-electron chi connectivity index (χ1n) is 11.0. The van der Waals surface area contributed by atoms with Crippen LogP contribution in [0.5, 0.6) is 0 Å². The smallest absolute Gasteiger partial charge is 0.228 e. The van der Waals surface area contributed by atoms with Crippen LogP contribution in [0.4, 0.5) is 16.0 Å². The fraction of sp³-hybridized carbons (Fsp3) is 0.240. The number of fused-ring (bicyclic) bond motifs is 1. The summed E-state index contributed by atoms with van der Waals surface area (Å²) in [6, 6.07) is 12.3. The van der Waals surface area contributed by atoms with Crippen LogP contribution in [-0.4, -0.2) is 39.2 Å². The summed E-state index contributed by atoms with van der Waals surface area (Å²) in [6.07, 6.45) is 4.32. The number of aromatic nitrogens is 4. The number of H-pyrrole nitrogens is 1. The molecule has 170 valence electrons. The Bertz CT molecular complexity index is 1380. The molecule has 1 amide bonds. The highest BCUT2D eigenvalue weighted by molar-refractivity contribution is 5.96. The molecule has 4 aromatic rings. The lowest BCUT2D eigenvalue weighted by atomic mass is 9.93. The number of nitrogens with zero attached hydrogens (tertiary/aromatic N) is 5. The van der Waals surface area contributed by atoms with Gasteiger partial charge >= 0.3 is 0 Å². The Morgan fingerprint density at radius 1 is 1.26 bits per heavy atom. The summed E-state index contributed by atoms with van der Waals surface area (Å²) in [5.74, 6) is 0.685. The van der Waals surface area contributed by atoms with Crippen LogP contribution < -0.4 is 10.2 Å². The summed E-state index contributed by atoms with van der Waals surface area (Å²) in [5, 5.41) is 20.9. The van der Waals surface area contributed by atoms with Crippen LogP contribution in [0.3, 0.4) is 0 Å². The number of nitriles is 1. The molecule has 0 spiro atoms. The molecule has 2 N–H and O–H groups in total. The van der Waals surface area contributed by atoms with Gasteiger partial charge in [-0.25, -0.2) is 14.4 Å². The molecule has 0 aliphatic carbocycles. The van der Waals surface area contributed by atoms with E-state index in [1.54, 1.807) is 24.4 Å². The number of piperidine rings is 1. The topological polar surface area (TPSA) is 111 Å². The molecule has 34 heavy (non-hydrogen) atoms. The second kappa shape index (κ2) is 8.90. The van der Waals surface area contributed by atoms with E-state index in [1.807, 2.05) is 19.1 Å². The normalized spacial score (nSPS) is 14.2. The third-order valence-electron chi connectivity index (χ3n) is 6.29. The van der Waals surface area contributed by atoms with E-state index in [-0.39, 0.29) is 17.6 Å². The summed E-state index contributed by atoms with van der Waals surface area (Å²) < 4.78 is 14.7. The Morgan fingerprint density at radius 2 is 2.09 bits per heavy atom. The van der Waals surface area contributed by atoms with Crippen LogP contribution in [0.1, 0.15) is 24.0 Å². The van der Waals surface area contributed by atoms with Gasteiger partial charge in [0.1, 0.15) is 18.0 Å². The fourth-order valence-electron chi connectivity index (χ4n) is 4.51. The predicted octanol–water partition coefficient (Wildman–Crippen LogP) is 4.19. The quantitative estimate of drug-likeness (QED) is 0.477. The molecule has 0 bridgehead atoms. The van der Waals surface area contributed by atoms with Crippen molar-refractivity contribution in [3.05, 3.63) is 65.9 Å². The van der Waals surface area contributed by atoms with Gasteiger partial charge in [-0.2, -0.15) is 10.4 Å². The minimum atomic E-state index is -0.364. The lowest BCUT2D eigenvalue weighted by Gasteiger charge is -2.31. The van der Waals surface area contributed by atoms with Crippen LogP contribution in [0.25, 0.3) is 22.0 Å². The maximum Gasteiger partial charge on any atom is 0.228 e. The number of nitrogens with one attached hydrogen (secondary N) is 2. The number of hydrogen-bond acceptors (Lipinski definition) is 6. The van der Waals surface area contributed by atoms with Crippen LogP contribution >= 0.6 is 0 Å². The van der Waals surface area contributed by atoms with Crippen molar-refractivity contribution in [3.63, 3.8) is 0 Å². The van der Waals surface area contributed by atoms with Gasteiger partial charge in [-0.1, -0.05) is 12.1 Å². The van der Waals surface area contributed by atoms with E-state index in [2.05, 4.69) is 36.5 Å². The highest BCUT2D eigenvalue weighted by Gasteiger charge is 2.27. The summed E-state index contributed by atoms with van der Waals surface area (Å²) in [6.45, 7) is 3.13. The van der Waals surface area contributed by atoms with Gasteiger partial charge in [0.15, 0.2) is 5.82 Å². The largest absolute Gasteiger partial charge is 0.355 e. The molecule has 0 unspecified atom stereocenters. The van der Waals surface area contributed by atoms with E-state index in [4.69, 9.17) is 0 Å². The van der Waals surface area contributed by atoms with Gasteiger partial charge in [0.2, 0.25) is 5.91 Å². The zero-order valence-corrected chi connectivity index (χ0v) is 18.5. The van der Waals surface area contributed by atoms with E-state index in [9.17, 15) is 14.4 Å². The molecule has 0 atom stereocenters. The van der Waals surface area contributed by atoms with Crippen molar-refractivity contribution in [2.75, 3.05) is 23.3 Å². The van der Waals surface area contributed by atoms with Gasteiger partial charge in [0, 0.05) is 41.7 Å². The Balaban J connectivity index is 1.40. The van der Waals surface area contributed by atoms with Crippen molar-refractivity contribution >= 4 is 28.4 Å². The number of benzene rings is 2. The summed E-state index contributed by atoms with van der Waals surface area (Å²) in [7, 11) is 0. The Morgan fingerprint density at radius 3 is 2.79 bits per heavy atom. The standard InChI is InChI=1S/C25H22FN7O/c1-15-3-2-4-20(26)23(15)18-12-19-21(11-17(18)13-27)31-32-24(19)33-9-6-16(7-10-33)25(34)30-22-5-8-28-14-29-22/h2-5,8,11-12,14,16H,6-7,9-10H2,1H3,(H,31,32)(H,28,29,30,34). The molecule has 1 aliphatic heterocycles. The van der Waals surface area contributed by atoms with Crippen molar-refractivity contribution in [1.29, 1.82) is 5.26 Å². The summed E-state index contributed by atoms with van der Waals surface area (Å²) in [4.78, 5) is 22.7. The van der Waals surface area contributed by atoms with Crippen molar-refractivity contribution in [1.82, 2.24) is 20.2 Å². The number of carbonyl (C=O) groups excluding carboxylic acids is 1. The molecule has 1 saturated heterocycles. The Hall–Kier alpha value is -4.32. The minimum Gasteiger partial charge on any atom is -0.355 e. The van der Waals surface area contributed by atoms with Crippen LogP contribution in [-0.2, 0) is 4.79 Å². The monoisotopic (exact) mass is 455 g/mol. The molecule has 1 aliphatic rings. The molecule has 5 rings (SSSR count).